The lowest BCUT2D eigenvalue weighted by atomic mass is 10.2. The molecule has 1 heterocycles. The van der Waals surface area contributed by atoms with Crippen LogP contribution in [0.3, 0.4) is 0 Å². The number of hydrogen-bond donors (Lipinski definition) is 0. The molecule has 0 saturated carbocycles. The lowest BCUT2D eigenvalue weighted by Gasteiger charge is -2.38. The molecule has 0 aromatic heterocycles. The quantitative estimate of drug-likeness (QED) is 0.296. The van der Waals surface area contributed by atoms with Crippen molar-refractivity contribution < 1.29 is 21.6 Å². The first-order valence-corrected chi connectivity index (χ1v) is 4.36. The van der Waals surface area contributed by atoms with Crippen molar-refractivity contribution in [3.8, 4) is 0 Å². The van der Waals surface area contributed by atoms with Gasteiger partial charge in [0.1, 0.15) is 0 Å². The molecule has 0 aliphatic carbocycles. The molecule has 10 heavy (non-hydrogen) atoms. The minimum Gasteiger partial charge on any atom is -1.00 e. The normalized spacial score (nSPS) is 25.5. The lowest BCUT2D eigenvalue weighted by molar-refractivity contribution is -0.980. The first-order valence-electron chi connectivity index (χ1n) is 3.40. The third-order valence-corrected chi connectivity index (χ3v) is 3.54. The highest BCUT2D eigenvalue weighted by Gasteiger charge is 2.26. The van der Waals surface area contributed by atoms with Gasteiger partial charge in [-0.2, -0.15) is 0 Å². The van der Waals surface area contributed by atoms with Crippen molar-refractivity contribution in [1.82, 2.24) is 3.22 Å². The average Bonchev–Trinajstić information content (AvgIpc) is 1.77. The lowest BCUT2D eigenvalue weighted by Crippen LogP contribution is -3.00. The molecule has 0 spiro atoms. The molecule has 0 aromatic rings. The van der Waals surface area contributed by atoms with Gasteiger partial charge < -0.3 is 17.0 Å². The Morgan fingerprint density at radius 2 is 1.90 bits per heavy atom. The van der Waals surface area contributed by atoms with E-state index >= 15 is 0 Å². The second-order valence-corrected chi connectivity index (χ2v) is 4.23. The van der Waals surface area contributed by atoms with Gasteiger partial charge in [-0.3, -0.25) is 0 Å². The Labute approximate surface area is 87.4 Å². The first-order chi connectivity index (χ1) is 4.13. The molecule has 1 fully saturated rings. The summed E-state index contributed by atoms with van der Waals surface area (Å²) < 4.78 is 3.42. The first kappa shape index (κ1) is 11.1. The highest BCUT2D eigenvalue weighted by Crippen LogP contribution is 2.19. The summed E-state index contributed by atoms with van der Waals surface area (Å²) in [5.41, 5.74) is 0. The predicted molar refractivity (Wildman–Crippen MR) is 46.9 cm³/mol. The van der Waals surface area contributed by atoms with E-state index in [0.717, 1.165) is 4.59 Å². The van der Waals surface area contributed by atoms with E-state index in [1.807, 2.05) is 0 Å². The molecule has 1 aliphatic rings. The van der Waals surface area contributed by atoms with Gasteiger partial charge in [-0.1, -0.05) is 3.22 Å². The summed E-state index contributed by atoms with van der Waals surface area (Å²) >= 11 is 2.41. The van der Waals surface area contributed by atoms with Gasteiger partial charge in [0.05, 0.1) is 50.0 Å². The van der Waals surface area contributed by atoms with Crippen LogP contribution in [0.2, 0.25) is 0 Å². The van der Waals surface area contributed by atoms with E-state index < -0.39 is 0 Å². The molecule has 0 unspecified atom stereocenters. The molecule has 0 N–H and O–H groups in total. The Bertz CT molecular complexity index is 108. The summed E-state index contributed by atoms with van der Waals surface area (Å²) in [5.74, 6) is 0. The zero-order chi connectivity index (χ0) is 6.91. The van der Waals surface area contributed by atoms with Crippen LogP contribution >= 0.6 is 22.9 Å². The summed E-state index contributed by atoms with van der Waals surface area (Å²) in [6.07, 6.45) is 2.75. The molecule has 0 aromatic carbocycles. The van der Waals surface area contributed by atoms with E-state index in [4.69, 9.17) is 0 Å². The van der Waals surface area contributed by atoms with Gasteiger partial charge in [0, 0.05) is 0 Å². The summed E-state index contributed by atoms with van der Waals surface area (Å²) in [6, 6.07) is 0. The van der Waals surface area contributed by atoms with Gasteiger partial charge in [0.2, 0.25) is 0 Å². The number of nitrogens with zero attached hydrogens (tertiary/aromatic N) is 2. The topological polar surface area (TPSA) is 3.24 Å². The van der Waals surface area contributed by atoms with Crippen molar-refractivity contribution in [2.24, 2.45) is 0 Å². The van der Waals surface area contributed by atoms with Gasteiger partial charge in [0.15, 0.2) is 0 Å². The molecule has 1 rings (SSSR count). The van der Waals surface area contributed by atoms with E-state index in [2.05, 4.69) is 40.2 Å². The largest absolute Gasteiger partial charge is 1.00 e. The Morgan fingerprint density at radius 1 is 1.30 bits per heavy atom. The molecule has 4 heteroatoms. The smallest absolute Gasteiger partial charge is 0.0967 e. The number of rotatable bonds is 0. The van der Waals surface area contributed by atoms with Crippen LogP contribution in [0, 0.1) is 0 Å². The maximum atomic E-state index is 2.41. The maximum Gasteiger partial charge on any atom is 0.0967 e. The SMILES string of the molecule is C[N+]1(C)CCCCN1I.[Br-]. The van der Waals surface area contributed by atoms with E-state index in [0.29, 0.717) is 0 Å². The van der Waals surface area contributed by atoms with Crippen molar-refractivity contribution in [2.75, 3.05) is 27.2 Å². The fourth-order valence-electron chi connectivity index (χ4n) is 1.12. The molecular formula is C6H14BrIN2. The second-order valence-electron chi connectivity index (χ2n) is 3.11. The molecule has 0 radical (unpaired) electrons. The molecule has 1 saturated heterocycles. The van der Waals surface area contributed by atoms with Crippen LogP contribution in [0.15, 0.2) is 0 Å². The monoisotopic (exact) mass is 320 g/mol. The third-order valence-electron chi connectivity index (χ3n) is 1.89. The standard InChI is InChI=1S/C6H14IN2.BrH/c1-9(2)6-4-3-5-8(9)7;/h3-6H2,1-2H3;1H/q+1;/p-1. The summed E-state index contributed by atoms with van der Waals surface area (Å²) in [6.45, 7) is 2.54. The third kappa shape index (κ3) is 2.64. The average molecular weight is 321 g/mol. The molecule has 1 aliphatic heterocycles. The van der Waals surface area contributed by atoms with Crippen LogP contribution in [0.4, 0.5) is 0 Å². The number of quaternary nitrogens is 1. The van der Waals surface area contributed by atoms with Gasteiger partial charge in [-0.15, -0.1) is 0 Å². The van der Waals surface area contributed by atoms with E-state index in [1.165, 1.54) is 25.9 Å². The zero-order valence-corrected chi connectivity index (χ0v) is 10.2. The zero-order valence-electron chi connectivity index (χ0n) is 6.48. The number of halogens is 2. The van der Waals surface area contributed by atoms with Gasteiger partial charge in [0.25, 0.3) is 0 Å². The molecule has 0 bridgehead atoms. The fourth-order valence-corrected chi connectivity index (χ4v) is 1.68. The maximum absolute atomic E-state index is 2.41. The minimum atomic E-state index is 0. The predicted octanol–water partition coefficient (Wildman–Crippen LogP) is -1.57. The van der Waals surface area contributed by atoms with E-state index in [-0.39, 0.29) is 17.0 Å². The fraction of sp³-hybridized carbons (Fsp3) is 1.00. The second kappa shape index (κ2) is 4.23. The van der Waals surface area contributed by atoms with Crippen molar-refractivity contribution in [3.63, 3.8) is 0 Å². The van der Waals surface area contributed by atoms with Crippen molar-refractivity contribution in [2.45, 2.75) is 12.8 Å². The Balaban J connectivity index is 0.000000810. The van der Waals surface area contributed by atoms with Gasteiger partial charge in [-0.05, 0) is 12.8 Å². The van der Waals surface area contributed by atoms with Crippen LogP contribution in [-0.2, 0) is 0 Å². The molecule has 62 valence electrons. The summed E-state index contributed by atoms with van der Waals surface area (Å²) in [4.78, 5) is 0. The molecule has 0 amide bonds. The minimum absolute atomic E-state index is 0. The van der Waals surface area contributed by atoms with Crippen LogP contribution in [-0.4, -0.2) is 35.0 Å². The van der Waals surface area contributed by atoms with Crippen molar-refractivity contribution in [3.05, 3.63) is 0 Å². The molecular weight excluding hydrogens is 307 g/mol. The number of hydrogen-bond acceptors (Lipinski definition) is 1. The van der Waals surface area contributed by atoms with Gasteiger partial charge >= 0.3 is 0 Å². The van der Waals surface area contributed by atoms with E-state index in [9.17, 15) is 0 Å². The van der Waals surface area contributed by atoms with Crippen LogP contribution in [0.1, 0.15) is 12.8 Å². The van der Waals surface area contributed by atoms with Crippen LogP contribution in [0.5, 0.6) is 0 Å². The summed E-state index contributed by atoms with van der Waals surface area (Å²) in [5, 5.41) is 0. The van der Waals surface area contributed by atoms with Crippen molar-refractivity contribution >= 4 is 22.9 Å². The Morgan fingerprint density at radius 3 is 2.20 bits per heavy atom. The van der Waals surface area contributed by atoms with Crippen LogP contribution < -0.4 is 17.0 Å². The van der Waals surface area contributed by atoms with Crippen LogP contribution in [0.25, 0.3) is 0 Å². The highest BCUT2D eigenvalue weighted by molar-refractivity contribution is 14.1. The van der Waals surface area contributed by atoms with Gasteiger partial charge in [-0.25, -0.2) is 4.59 Å². The Kier molecular flexibility index (Phi) is 4.71. The van der Waals surface area contributed by atoms with Crippen molar-refractivity contribution in [1.29, 1.82) is 0 Å². The molecule has 0 atom stereocenters. The summed E-state index contributed by atoms with van der Waals surface area (Å²) in [7, 11) is 4.51. The highest BCUT2D eigenvalue weighted by atomic mass is 127. The molecule has 2 nitrogen and oxygen atoms in total. The Hall–Kier alpha value is 1.13. The van der Waals surface area contributed by atoms with E-state index in [1.54, 1.807) is 0 Å².